The summed E-state index contributed by atoms with van der Waals surface area (Å²) < 4.78 is 16.8. The number of nitrogens with one attached hydrogen (secondary N) is 1. The van der Waals surface area contributed by atoms with Crippen LogP contribution in [0.3, 0.4) is 0 Å². The van der Waals surface area contributed by atoms with Gasteiger partial charge in [0.05, 0.1) is 13.2 Å². The molecule has 3 N–H and O–H groups in total. The highest BCUT2D eigenvalue weighted by atomic mass is 16.5. The Hall–Kier alpha value is -1.30. The van der Waals surface area contributed by atoms with Gasteiger partial charge in [-0.3, -0.25) is 11.3 Å². The van der Waals surface area contributed by atoms with E-state index in [2.05, 4.69) is 17.6 Å². The van der Waals surface area contributed by atoms with Crippen LogP contribution >= 0.6 is 0 Å². The summed E-state index contributed by atoms with van der Waals surface area (Å²) in [6.07, 6.45) is 2.98. The van der Waals surface area contributed by atoms with Gasteiger partial charge in [0.1, 0.15) is 0 Å². The molecule has 0 spiro atoms. The molecule has 5 nitrogen and oxygen atoms in total. The largest absolute Gasteiger partial charge is 0.490 e. The maximum atomic E-state index is 5.78. The lowest BCUT2D eigenvalue weighted by molar-refractivity contribution is 0.0536. The van der Waals surface area contributed by atoms with Gasteiger partial charge in [-0.25, -0.2) is 0 Å². The van der Waals surface area contributed by atoms with Crippen molar-refractivity contribution < 1.29 is 14.2 Å². The molecule has 1 aromatic carbocycles. The van der Waals surface area contributed by atoms with Crippen LogP contribution in [0.2, 0.25) is 0 Å². The molecular weight excluding hydrogens is 256 g/mol. The van der Waals surface area contributed by atoms with Crippen molar-refractivity contribution in [3.8, 4) is 11.5 Å². The molecule has 1 fully saturated rings. The lowest BCUT2D eigenvalue weighted by Crippen LogP contribution is -2.36. The van der Waals surface area contributed by atoms with Crippen LogP contribution in [0.4, 0.5) is 0 Å². The fraction of sp³-hybridized carbons (Fsp3) is 0.600. The van der Waals surface area contributed by atoms with Crippen LogP contribution in [0, 0.1) is 5.92 Å². The van der Waals surface area contributed by atoms with E-state index in [-0.39, 0.29) is 6.04 Å². The van der Waals surface area contributed by atoms with Crippen molar-refractivity contribution in [1.82, 2.24) is 5.43 Å². The summed E-state index contributed by atoms with van der Waals surface area (Å²) in [6, 6.07) is 6.25. The Kier molecular flexibility index (Phi) is 4.40. The van der Waals surface area contributed by atoms with Gasteiger partial charge in [-0.15, -0.1) is 0 Å². The molecule has 3 rings (SSSR count). The molecule has 0 radical (unpaired) electrons. The molecule has 1 unspecified atom stereocenters. The molecule has 20 heavy (non-hydrogen) atoms. The number of benzene rings is 1. The summed E-state index contributed by atoms with van der Waals surface area (Å²) in [6.45, 7) is 3.04. The van der Waals surface area contributed by atoms with Crippen LogP contribution in [0.5, 0.6) is 11.5 Å². The molecular formula is C15H22N2O3. The van der Waals surface area contributed by atoms with Gasteiger partial charge in [-0.1, -0.05) is 6.07 Å². The number of hydrogen-bond acceptors (Lipinski definition) is 5. The van der Waals surface area contributed by atoms with Crippen molar-refractivity contribution in [1.29, 1.82) is 0 Å². The molecule has 0 aliphatic carbocycles. The van der Waals surface area contributed by atoms with Crippen molar-refractivity contribution in [3.05, 3.63) is 23.8 Å². The number of ether oxygens (including phenoxy) is 3. The van der Waals surface area contributed by atoms with Gasteiger partial charge in [0, 0.05) is 25.7 Å². The Bertz CT molecular complexity index is 447. The van der Waals surface area contributed by atoms with Crippen molar-refractivity contribution in [2.45, 2.75) is 25.3 Å². The van der Waals surface area contributed by atoms with E-state index in [4.69, 9.17) is 20.1 Å². The average Bonchev–Trinajstić information content (AvgIpc) is 2.74. The maximum absolute atomic E-state index is 5.78. The predicted molar refractivity (Wildman–Crippen MR) is 75.7 cm³/mol. The van der Waals surface area contributed by atoms with Gasteiger partial charge in [0.2, 0.25) is 0 Å². The Morgan fingerprint density at radius 2 is 1.80 bits per heavy atom. The third-order valence-electron chi connectivity index (χ3n) is 4.05. The van der Waals surface area contributed by atoms with Crippen LogP contribution in [-0.4, -0.2) is 26.4 Å². The van der Waals surface area contributed by atoms with Crippen LogP contribution in [0.25, 0.3) is 0 Å². The van der Waals surface area contributed by atoms with Gasteiger partial charge in [0.15, 0.2) is 11.5 Å². The summed E-state index contributed by atoms with van der Waals surface area (Å²) >= 11 is 0. The highest BCUT2D eigenvalue weighted by Gasteiger charge is 2.25. The highest BCUT2D eigenvalue weighted by Crippen LogP contribution is 2.36. The number of hydrogen-bond donors (Lipinski definition) is 2. The molecule has 0 amide bonds. The second-order valence-corrected chi connectivity index (χ2v) is 5.35. The van der Waals surface area contributed by atoms with E-state index in [1.807, 2.05) is 6.07 Å². The molecule has 2 aliphatic rings. The van der Waals surface area contributed by atoms with Crippen LogP contribution < -0.4 is 20.7 Å². The van der Waals surface area contributed by atoms with Crippen molar-refractivity contribution in [3.63, 3.8) is 0 Å². The first-order chi connectivity index (χ1) is 9.88. The average molecular weight is 278 g/mol. The molecule has 2 aliphatic heterocycles. The zero-order valence-corrected chi connectivity index (χ0v) is 11.6. The van der Waals surface area contributed by atoms with Crippen molar-refractivity contribution in [2.24, 2.45) is 11.8 Å². The molecule has 1 atom stereocenters. The standard InChI is InChI=1S/C15H22N2O3/c16-17-15(11-4-8-18-9-5-11)12-2-3-13-14(10-12)20-7-1-6-19-13/h2-3,10-11,15,17H,1,4-9,16H2. The lowest BCUT2D eigenvalue weighted by Gasteiger charge is -2.30. The van der Waals surface area contributed by atoms with Crippen molar-refractivity contribution >= 4 is 0 Å². The molecule has 2 heterocycles. The third kappa shape index (κ3) is 2.90. The van der Waals surface area contributed by atoms with Gasteiger partial charge in [-0.2, -0.15) is 0 Å². The third-order valence-corrected chi connectivity index (χ3v) is 4.05. The van der Waals surface area contributed by atoms with E-state index in [1.165, 1.54) is 0 Å². The minimum Gasteiger partial charge on any atom is -0.490 e. The smallest absolute Gasteiger partial charge is 0.161 e. The van der Waals surface area contributed by atoms with E-state index in [9.17, 15) is 0 Å². The van der Waals surface area contributed by atoms with Crippen LogP contribution in [0.1, 0.15) is 30.9 Å². The number of nitrogens with two attached hydrogens (primary N) is 1. The van der Waals surface area contributed by atoms with Crippen molar-refractivity contribution in [2.75, 3.05) is 26.4 Å². The second-order valence-electron chi connectivity index (χ2n) is 5.35. The molecule has 110 valence electrons. The predicted octanol–water partition coefficient (Wildman–Crippen LogP) is 1.78. The maximum Gasteiger partial charge on any atom is 0.161 e. The summed E-state index contributed by atoms with van der Waals surface area (Å²) in [4.78, 5) is 0. The fourth-order valence-corrected chi connectivity index (χ4v) is 2.93. The molecule has 1 aromatic rings. The summed E-state index contributed by atoms with van der Waals surface area (Å²) in [5.41, 5.74) is 4.11. The number of fused-ring (bicyclic) bond motifs is 1. The fourth-order valence-electron chi connectivity index (χ4n) is 2.93. The Balaban J connectivity index is 1.82. The summed E-state index contributed by atoms with van der Waals surface area (Å²) in [5.74, 6) is 7.93. The first kappa shape index (κ1) is 13.7. The van der Waals surface area contributed by atoms with E-state index in [1.54, 1.807) is 0 Å². The zero-order valence-electron chi connectivity index (χ0n) is 11.6. The SMILES string of the molecule is NNC(c1ccc2c(c1)OCCCO2)C1CCOCC1. The quantitative estimate of drug-likeness (QED) is 0.651. The van der Waals surface area contributed by atoms with Gasteiger partial charge in [-0.05, 0) is 36.5 Å². The van der Waals surface area contributed by atoms with E-state index in [0.717, 1.165) is 49.5 Å². The Labute approximate surface area is 119 Å². The number of rotatable bonds is 3. The first-order valence-corrected chi connectivity index (χ1v) is 7.32. The highest BCUT2D eigenvalue weighted by molar-refractivity contribution is 5.44. The molecule has 0 bridgehead atoms. The van der Waals surface area contributed by atoms with E-state index >= 15 is 0 Å². The molecule has 1 saturated heterocycles. The van der Waals surface area contributed by atoms with Gasteiger partial charge >= 0.3 is 0 Å². The Morgan fingerprint density at radius 3 is 2.55 bits per heavy atom. The summed E-state index contributed by atoms with van der Waals surface area (Å²) in [7, 11) is 0. The topological polar surface area (TPSA) is 65.7 Å². The van der Waals surface area contributed by atoms with Crippen LogP contribution in [-0.2, 0) is 4.74 Å². The lowest BCUT2D eigenvalue weighted by atomic mass is 9.87. The minimum absolute atomic E-state index is 0.135. The molecule has 0 saturated carbocycles. The molecule has 5 heteroatoms. The monoisotopic (exact) mass is 278 g/mol. The normalized spacial score (nSPS) is 21.2. The first-order valence-electron chi connectivity index (χ1n) is 7.32. The van der Waals surface area contributed by atoms with E-state index in [0.29, 0.717) is 19.1 Å². The second kappa shape index (κ2) is 6.43. The van der Waals surface area contributed by atoms with E-state index < -0.39 is 0 Å². The van der Waals surface area contributed by atoms with Gasteiger partial charge in [0.25, 0.3) is 0 Å². The Morgan fingerprint density at radius 1 is 1.05 bits per heavy atom. The van der Waals surface area contributed by atoms with Crippen LogP contribution in [0.15, 0.2) is 18.2 Å². The summed E-state index contributed by atoms with van der Waals surface area (Å²) in [5, 5.41) is 0. The number of hydrazine groups is 1. The zero-order chi connectivity index (χ0) is 13.8. The minimum atomic E-state index is 0.135. The molecule has 0 aromatic heterocycles. The van der Waals surface area contributed by atoms with Gasteiger partial charge < -0.3 is 14.2 Å².